The lowest BCUT2D eigenvalue weighted by Gasteiger charge is -2.39. The summed E-state index contributed by atoms with van der Waals surface area (Å²) in [6.45, 7) is 1.36. The van der Waals surface area contributed by atoms with Crippen LogP contribution in [-0.4, -0.2) is 47.6 Å². The van der Waals surface area contributed by atoms with Crippen LogP contribution in [0, 0.1) is 0 Å². The first-order chi connectivity index (χ1) is 9.02. The molecule has 3 rings (SSSR count). The van der Waals surface area contributed by atoms with Crippen molar-refractivity contribution in [3.63, 3.8) is 0 Å². The zero-order valence-corrected chi connectivity index (χ0v) is 11.9. The molecule has 2 aliphatic rings. The lowest BCUT2D eigenvalue weighted by molar-refractivity contribution is -0.0842. The zero-order chi connectivity index (χ0) is 13.5. The molecular weight excluding hydrogens is 266 g/mol. The fraction of sp³-hybridized carbons (Fsp3) is 0.750. The molecule has 7 heteroatoms. The zero-order valence-electron chi connectivity index (χ0n) is 11.1. The average molecular weight is 285 g/mol. The van der Waals surface area contributed by atoms with Crippen LogP contribution in [0.5, 0.6) is 0 Å². The van der Waals surface area contributed by atoms with Gasteiger partial charge in [0, 0.05) is 26.3 Å². The molecule has 19 heavy (non-hydrogen) atoms. The molecule has 0 bridgehead atoms. The second-order valence-corrected chi connectivity index (χ2v) is 7.34. The van der Waals surface area contributed by atoms with Crippen LogP contribution in [0.3, 0.4) is 0 Å². The van der Waals surface area contributed by atoms with Gasteiger partial charge < -0.3 is 9.30 Å². The van der Waals surface area contributed by atoms with Crippen LogP contribution < -0.4 is 0 Å². The maximum Gasteiger partial charge on any atom is 0.262 e. The fourth-order valence-corrected chi connectivity index (χ4v) is 4.46. The van der Waals surface area contributed by atoms with Gasteiger partial charge in [-0.05, 0) is 12.8 Å². The fourth-order valence-electron chi connectivity index (χ4n) is 2.99. The molecule has 106 valence electrons. The lowest BCUT2D eigenvalue weighted by Crippen LogP contribution is -2.52. The van der Waals surface area contributed by atoms with Crippen LogP contribution in [0.4, 0.5) is 0 Å². The van der Waals surface area contributed by atoms with Crippen LogP contribution in [0.1, 0.15) is 25.7 Å². The Kier molecular flexibility index (Phi) is 3.15. The summed E-state index contributed by atoms with van der Waals surface area (Å²) in [6.07, 6.45) is 7.22. The second-order valence-electron chi connectivity index (χ2n) is 5.45. The maximum absolute atomic E-state index is 12.5. The third-order valence-corrected chi connectivity index (χ3v) is 5.74. The third-order valence-electron chi connectivity index (χ3n) is 4.01. The van der Waals surface area contributed by atoms with Crippen molar-refractivity contribution in [2.24, 2.45) is 7.05 Å². The van der Waals surface area contributed by atoms with E-state index >= 15 is 0 Å². The van der Waals surface area contributed by atoms with Gasteiger partial charge in [0.25, 0.3) is 10.0 Å². The Morgan fingerprint density at radius 2 is 2.11 bits per heavy atom. The highest BCUT2D eigenvalue weighted by Crippen LogP contribution is 2.37. The van der Waals surface area contributed by atoms with E-state index < -0.39 is 10.0 Å². The SMILES string of the molecule is Cn1cnc(S(=O)(=O)N2CCOC3(CCCC3)C2)c1. The number of sulfonamides is 1. The third kappa shape index (κ3) is 2.30. The Hall–Kier alpha value is -0.920. The van der Waals surface area contributed by atoms with E-state index in [9.17, 15) is 8.42 Å². The number of aromatic nitrogens is 2. The lowest BCUT2D eigenvalue weighted by atomic mass is 10.0. The van der Waals surface area contributed by atoms with Crippen molar-refractivity contribution in [3.8, 4) is 0 Å². The van der Waals surface area contributed by atoms with Crippen molar-refractivity contribution in [1.82, 2.24) is 13.9 Å². The van der Waals surface area contributed by atoms with E-state index in [1.165, 1.54) is 10.6 Å². The summed E-state index contributed by atoms with van der Waals surface area (Å²) in [7, 11) is -1.72. The quantitative estimate of drug-likeness (QED) is 0.804. The summed E-state index contributed by atoms with van der Waals surface area (Å²) in [6, 6.07) is 0. The highest BCUT2D eigenvalue weighted by Gasteiger charge is 2.43. The first-order valence-electron chi connectivity index (χ1n) is 6.64. The minimum absolute atomic E-state index is 0.130. The predicted molar refractivity (Wildman–Crippen MR) is 69.1 cm³/mol. The summed E-state index contributed by atoms with van der Waals surface area (Å²) in [5.41, 5.74) is -0.250. The Morgan fingerprint density at radius 1 is 1.37 bits per heavy atom. The smallest absolute Gasteiger partial charge is 0.262 e. The highest BCUT2D eigenvalue weighted by molar-refractivity contribution is 7.89. The molecule has 2 fully saturated rings. The Balaban J connectivity index is 1.85. The summed E-state index contributed by atoms with van der Waals surface area (Å²) >= 11 is 0. The van der Waals surface area contributed by atoms with Crippen LogP contribution in [0.2, 0.25) is 0 Å². The minimum Gasteiger partial charge on any atom is -0.372 e. The number of hydrogen-bond acceptors (Lipinski definition) is 4. The molecule has 0 amide bonds. The van der Waals surface area contributed by atoms with Gasteiger partial charge in [0.15, 0.2) is 5.03 Å². The molecule has 6 nitrogen and oxygen atoms in total. The number of aryl methyl sites for hydroxylation is 1. The standard InChI is InChI=1S/C12H19N3O3S/c1-14-8-11(13-10-14)19(16,17)15-6-7-18-12(9-15)4-2-3-5-12/h8,10H,2-7,9H2,1H3. The highest BCUT2D eigenvalue weighted by atomic mass is 32.2. The largest absolute Gasteiger partial charge is 0.372 e. The number of imidazole rings is 1. The van der Waals surface area contributed by atoms with E-state index in [0.717, 1.165) is 25.7 Å². The number of nitrogens with zero attached hydrogens (tertiary/aromatic N) is 3. The van der Waals surface area contributed by atoms with E-state index in [4.69, 9.17) is 4.74 Å². The van der Waals surface area contributed by atoms with Crippen LogP contribution in [0.15, 0.2) is 17.6 Å². The first-order valence-corrected chi connectivity index (χ1v) is 8.08. The molecule has 0 atom stereocenters. The van der Waals surface area contributed by atoms with E-state index in [0.29, 0.717) is 19.7 Å². The van der Waals surface area contributed by atoms with Gasteiger partial charge in [-0.25, -0.2) is 13.4 Å². The van der Waals surface area contributed by atoms with Crippen molar-refractivity contribution >= 4 is 10.0 Å². The molecule has 0 aromatic carbocycles. The number of rotatable bonds is 2. The van der Waals surface area contributed by atoms with Crippen LogP contribution >= 0.6 is 0 Å². The van der Waals surface area contributed by atoms with Gasteiger partial charge in [-0.2, -0.15) is 4.31 Å². The molecule has 0 radical (unpaired) electrons. The minimum atomic E-state index is -3.48. The normalized spacial score (nSPS) is 24.1. The van der Waals surface area contributed by atoms with Crippen molar-refractivity contribution in [1.29, 1.82) is 0 Å². The number of hydrogen-bond donors (Lipinski definition) is 0. The monoisotopic (exact) mass is 285 g/mol. The van der Waals surface area contributed by atoms with Gasteiger partial charge in [0.2, 0.25) is 0 Å². The molecule has 1 aromatic rings. The van der Waals surface area contributed by atoms with Crippen LogP contribution in [0.25, 0.3) is 0 Å². The molecule has 1 saturated heterocycles. The molecule has 0 unspecified atom stereocenters. The maximum atomic E-state index is 12.5. The van der Waals surface area contributed by atoms with Crippen LogP contribution in [-0.2, 0) is 21.8 Å². The first kappa shape index (κ1) is 13.1. The van der Waals surface area contributed by atoms with Crippen molar-refractivity contribution in [2.45, 2.75) is 36.3 Å². The van der Waals surface area contributed by atoms with Gasteiger partial charge in [0.1, 0.15) is 0 Å². The Labute approximate surface area is 113 Å². The van der Waals surface area contributed by atoms with E-state index in [-0.39, 0.29) is 10.6 Å². The Bertz CT molecular complexity index is 561. The number of morpholine rings is 1. The van der Waals surface area contributed by atoms with Crippen molar-refractivity contribution < 1.29 is 13.2 Å². The molecule has 1 aliphatic carbocycles. The van der Waals surface area contributed by atoms with Gasteiger partial charge >= 0.3 is 0 Å². The van der Waals surface area contributed by atoms with E-state index in [1.54, 1.807) is 17.8 Å². The molecular formula is C12H19N3O3S. The van der Waals surface area contributed by atoms with Crippen molar-refractivity contribution in [3.05, 3.63) is 12.5 Å². The summed E-state index contributed by atoms with van der Waals surface area (Å²) in [4.78, 5) is 3.97. The average Bonchev–Trinajstić information content (AvgIpc) is 3.00. The molecule has 1 saturated carbocycles. The molecule has 1 aliphatic heterocycles. The summed E-state index contributed by atoms with van der Waals surface area (Å²) < 4.78 is 34.1. The molecule has 1 aromatic heterocycles. The van der Waals surface area contributed by atoms with Gasteiger partial charge in [-0.1, -0.05) is 12.8 Å². The predicted octanol–water partition coefficient (Wildman–Crippen LogP) is 0.754. The molecule has 2 heterocycles. The van der Waals surface area contributed by atoms with Gasteiger partial charge in [-0.3, -0.25) is 0 Å². The van der Waals surface area contributed by atoms with Crippen molar-refractivity contribution in [2.75, 3.05) is 19.7 Å². The molecule has 0 N–H and O–H groups in total. The topological polar surface area (TPSA) is 64.4 Å². The van der Waals surface area contributed by atoms with E-state index in [1.807, 2.05) is 0 Å². The summed E-state index contributed by atoms with van der Waals surface area (Å²) in [5.74, 6) is 0. The van der Waals surface area contributed by atoms with E-state index in [2.05, 4.69) is 4.98 Å². The molecule has 1 spiro atoms. The Morgan fingerprint density at radius 3 is 2.74 bits per heavy atom. The van der Waals surface area contributed by atoms with Gasteiger partial charge in [0.05, 0.1) is 18.5 Å². The number of ether oxygens (including phenoxy) is 1. The second kappa shape index (κ2) is 4.57. The summed E-state index contributed by atoms with van der Waals surface area (Å²) in [5, 5.41) is 0.130. The van der Waals surface area contributed by atoms with Gasteiger partial charge in [-0.15, -0.1) is 0 Å².